The van der Waals surface area contributed by atoms with Gasteiger partial charge in [0, 0.05) is 43.4 Å². The average Bonchev–Trinajstić information content (AvgIpc) is 3.55. The molecule has 0 N–H and O–H groups in total. The second-order valence-electron chi connectivity index (χ2n) is 7.18. The van der Waals surface area contributed by atoms with Crippen LogP contribution < -0.4 is 0 Å². The number of carbonyl (C=O) groups excluding carboxylic acids is 1. The van der Waals surface area contributed by atoms with Crippen molar-refractivity contribution in [3.8, 4) is 17.1 Å². The van der Waals surface area contributed by atoms with Gasteiger partial charge in [-0.05, 0) is 43.2 Å². The van der Waals surface area contributed by atoms with Crippen LogP contribution in [0.1, 0.15) is 29.4 Å². The van der Waals surface area contributed by atoms with Gasteiger partial charge in [-0.15, -0.1) is 0 Å². The van der Waals surface area contributed by atoms with Crippen molar-refractivity contribution in [1.29, 1.82) is 0 Å². The molecule has 1 fully saturated rings. The maximum atomic E-state index is 12.7. The summed E-state index contributed by atoms with van der Waals surface area (Å²) in [6, 6.07) is 13.7. The average molecular weight is 387 g/mol. The van der Waals surface area contributed by atoms with Crippen LogP contribution >= 0.6 is 0 Å². The molecular weight excluding hydrogens is 366 g/mol. The Bertz CT molecular complexity index is 1100. The highest BCUT2D eigenvalue weighted by atomic mass is 16.3. The molecule has 4 heterocycles. The molecule has 146 valence electrons. The number of likely N-dealkylation sites (tertiary alicyclic amines) is 1. The number of hydrogen-bond donors (Lipinski definition) is 0. The monoisotopic (exact) mass is 387 g/mol. The summed E-state index contributed by atoms with van der Waals surface area (Å²) in [4.78, 5) is 19.2. The fourth-order valence-electron chi connectivity index (χ4n) is 3.96. The van der Waals surface area contributed by atoms with Gasteiger partial charge in [-0.3, -0.25) is 4.79 Å². The first-order chi connectivity index (χ1) is 14.3. The van der Waals surface area contributed by atoms with E-state index in [2.05, 4.69) is 26.8 Å². The predicted octanol–water partition coefficient (Wildman–Crippen LogP) is 3.81. The summed E-state index contributed by atoms with van der Waals surface area (Å²) in [6.07, 6.45) is 11.0. The Balaban J connectivity index is 1.42. The van der Waals surface area contributed by atoms with Gasteiger partial charge in [0.2, 0.25) is 0 Å². The number of hydrogen-bond acceptors (Lipinski definition) is 4. The Hall–Kier alpha value is -3.61. The SMILES string of the molecule is O=C(c1ccco1)N1CCCC(n2ccnc2-c2cccc(-n3cccn3)c2)C1. The highest BCUT2D eigenvalue weighted by Gasteiger charge is 2.28. The summed E-state index contributed by atoms with van der Waals surface area (Å²) < 4.78 is 9.32. The minimum atomic E-state index is -0.0537. The summed E-state index contributed by atoms with van der Waals surface area (Å²) >= 11 is 0. The Morgan fingerprint density at radius 1 is 1.10 bits per heavy atom. The van der Waals surface area contributed by atoms with Crippen molar-refractivity contribution in [3.63, 3.8) is 0 Å². The number of benzene rings is 1. The largest absolute Gasteiger partial charge is 0.459 e. The number of carbonyl (C=O) groups is 1. The number of amides is 1. The van der Waals surface area contributed by atoms with E-state index in [-0.39, 0.29) is 11.9 Å². The number of imidazole rings is 1. The van der Waals surface area contributed by atoms with Crippen LogP contribution in [0.3, 0.4) is 0 Å². The molecule has 1 atom stereocenters. The highest BCUT2D eigenvalue weighted by Crippen LogP contribution is 2.29. The minimum absolute atomic E-state index is 0.0537. The van der Waals surface area contributed by atoms with Crippen molar-refractivity contribution in [3.05, 3.63) is 79.3 Å². The van der Waals surface area contributed by atoms with Crippen molar-refractivity contribution in [2.75, 3.05) is 13.1 Å². The quantitative estimate of drug-likeness (QED) is 0.534. The number of furan rings is 1. The van der Waals surface area contributed by atoms with Crippen LogP contribution in [0.2, 0.25) is 0 Å². The lowest BCUT2D eigenvalue weighted by molar-refractivity contribution is 0.0648. The molecule has 5 rings (SSSR count). The van der Waals surface area contributed by atoms with E-state index >= 15 is 0 Å². The van der Waals surface area contributed by atoms with Crippen LogP contribution in [0.25, 0.3) is 17.1 Å². The van der Waals surface area contributed by atoms with Crippen LogP contribution in [0, 0.1) is 0 Å². The molecule has 3 aromatic heterocycles. The van der Waals surface area contributed by atoms with Gasteiger partial charge >= 0.3 is 0 Å². The minimum Gasteiger partial charge on any atom is -0.459 e. The predicted molar refractivity (Wildman–Crippen MR) is 108 cm³/mol. The Morgan fingerprint density at radius 2 is 2.07 bits per heavy atom. The highest BCUT2D eigenvalue weighted by molar-refractivity contribution is 5.91. The summed E-state index contributed by atoms with van der Waals surface area (Å²) in [5.74, 6) is 1.24. The molecule has 1 unspecified atom stereocenters. The van der Waals surface area contributed by atoms with Crippen LogP contribution in [-0.4, -0.2) is 43.2 Å². The second kappa shape index (κ2) is 7.43. The molecule has 0 bridgehead atoms. The molecule has 0 spiro atoms. The van der Waals surface area contributed by atoms with E-state index in [1.807, 2.05) is 46.4 Å². The van der Waals surface area contributed by atoms with Crippen molar-refractivity contribution in [2.45, 2.75) is 18.9 Å². The molecule has 1 saturated heterocycles. The molecule has 0 aliphatic carbocycles. The molecular formula is C22H21N5O2. The number of piperidine rings is 1. The fourth-order valence-corrected chi connectivity index (χ4v) is 3.96. The molecule has 1 aliphatic heterocycles. The first kappa shape index (κ1) is 17.5. The third kappa shape index (κ3) is 3.35. The van der Waals surface area contributed by atoms with Gasteiger partial charge in [0.05, 0.1) is 18.0 Å². The summed E-state index contributed by atoms with van der Waals surface area (Å²) in [7, 11) is 0. The third-order valence-corrected chi connectivity index (χ3v) is 5.35. The van der Waals surface area contributed by atoms with Crippen LogP contribution in [-0.2, 0) is 0 Å². The lowest BCUT2D eigenvalue weighted by Gasteiger charge is -2.33. The van der Waals surface area contributed by atoms with Crippen molar-refractivity contribution < 1.29 is 9.21 Å². The van der Waals surface area contributed by atoms with Gasteiger partial charge in [-0.2, -0.15) is 5.10 Å². The molecule has 0 saturated carbocycles. The van der Waals surface area contributed by atoms with E-state index in [1.165, 1.54) is 6.26 Å². The van der Waals surface area contributed by atoms with Gasteiger partial charge in [0.15, 0.2) is 5.76 Å². The van der Waals surface area contributed by atoms with Crippen LogP contribution in [0.5, 0.6) is 0 Å². The van der Waals surface area contributed by atoms with E-state index in [0.29, 0.717) is 12.3 Å². The smallest absolute Gasteiger partial charge is 0.289 e. The summed E-state index contributed by atoms with van der Waals surface area (Å²) in [6.45, 7) is 1.39. The zero-order valence-electron chi connectivity index (χ0n) is 15.9. The summed E-state index contributed by atoms with van der Waals surface area (Å²) in [5.41, 5.74) is 2.01. The number of nitrogens with zero attached hydrogens (tertiary/aromatic N) is 5. The van der Waals surface area contributed by atoms with E-state index < -0.39 is 0 Å². The van der Waals surface area contributed by atoms with Gasteiger partial charge in [-0.25, -0.2) is 9.67 Å². The Kier molecular flexibility index (Phi) is 4.48. The van der Waals surface area contributed by atoms with E-state index in [1.54, 1.807) is 18.3 Å². The molecule has 1 amide bonds. The molecule has 1 aromatic carbocycles. The van der Waals surface area contributed by atoms with Crippen LogP contribution in [0.4, 0.5) is 0 Å². The number of rotatable bonds is 4. The number of aromatic nitrogens is 4. The van der Waals surface area contributed by atoms with E-state index in [9.17, 15) is 4.79 Å². The van der Waals surface area contributed by atoms with Crippen molar-refractivity contribution in [2.24, 2.45) is 0 Å². The molecule has 7 nitrogen and oxygen atoms in total. The lowest BCUT2D eigenvalue weighted by Crippen LogP contribution is -2.40. The molecule has 0 radical (unpaired) electrons. The first-order valence-corrected chi connectivity index (χ1v) is 9.76. The van der Waals surface area contributed by atoms with E-state index in [0.717, 1.165) is 36.5 Å². The maximum absolute atomic E-state index is 12.7. The summed E-state index contributed by atoms with van der Waals surface area (Å²) in [5, 5.41) is 4.31. The third-order valence-electron chi connectivity index (χ3n) is 5.35. The lowest BCUT2D eigenvalue weighted by atomic mass is 10.0. The first-order valence-electron chi connectivity index (χ1n) is 9.76. The van der Waals surface area contributed by atoms with Gasteiger partial charge < -0.3 is 13.9 Å². The topological polar surface area (TPSA) is 69.1 Å². The van der Waals surface area contributed by atoms with Gasteiger partial charge in [-0.1, -0.05) is 12.1 Å². The molecule has 7 heteroatoms. The van der Waals surface area contributed by atoms with Gasteiger partial charge in [0.1, 0.15) is 5.82 Å². The second-order valence-corrected chi connectivity index (χ2v) is 7.18. The maximum Gasteiger partial charge on any atom is 0.289 e. The molecule has 4 aromatic rings. The normalized spacial score (nSPS) is 16.8. The Morgan fingerprint density at radius 3 is 2.90 bits per heavy atom. The molecule has 1 aliphatic rings. The Labute approximate surface area is 168 Å². The van der Waals surface area contributed by atoms with Crippen molar-refractivity contribution >= 4 is 5.91 Å². The van der Waals surface area contributed by atoms with Crippen LogP contribution in [0.15, 0.2) is 77.9 Å². The fraction of sp³-hybridized carbons (Fsp3) is 0.227. The standard InChI is InChI=1S/C22H21N5O2/c28-22(20-8-3-14-29-20)25-11-2-7-19(16-25)26-13-10-23-21(26)17-5-1-6-18(15-17)27-12-4-9-24-27/h1,3-6,8-10,12-15,19H,2,7,11,16H2. The van der Waals surface area contributed by atoms with E-state index in [4.69, 9.17) is 4.42 Å². The zero-order chi connectivity index (χ0) is 19.6. The van der Waals surface area contributed by atoms with Crippen molar-refractivity contribution in [1.82, 2.24) is 24.2 Å². The molecule has 29 heavy (non-hydrogen) atoms. The van der Waals surface area contributed by atoms with Gasteiger partial charge in [0.25, 0.3) is 5.91 Å². The zero-order valence-corrected chi connectivity index (χ0v) is 15.9.